The summed E-state index contributed by atoms with van der Waals surface area (Å²) in [6.45, 7) is 1.66. The van der Waals surface area contributed by atoms with Crippen molar-refractivity contribution in [2.24, 2.45) is 0 Å². The van der Waals surface area contributed by atoms with E-state index in [9.17, 15) is 19.8 Å². The Hall–Kier alpha value is -2.34. The first-order chi connectivity index (χ1) is 12.1. The minimum absolute atomic E-state index is 0.162. The topological polar surface area (TPSA) is 88.8 Å². The molecule has 0 saturated heterocycles. The molecule has 0 unspecified atom stereocenters. The van der Waals surface area contributed by atoms with E-state index < -0.39 is 6.09 Å². The molecule has 0 fully saturated rings. The number of carbonyl (C=O) groups is 2. The van der Waals surface area contributed by atoms with Gasteiger partial charge in [-0.05, 0) is 12.5 Å². The van der Waals surface area contributed by atoms with Crippen LogP contribution < -0.4 is 0 Å². The third-order valence-electron chi connectivity index (χ3n) is 4.29. The SMILES string of the molecule is CCCCCCCC(=O)OCc1c(CO)c2ccccc2n1C(=O)O. The lowest BCUT2D eigenvalue weighted by Crippen LogP contribution is -2.15. The van der Waals surface area contributed by atoms with Crippen LogP contribution in [0.15, 0.2) is 24.3 Å². The average Bonchev–Trinajstić information content (AvgIpc) is 2.93. The average molecular weight is 347 g/mol. The Morgan fingerprint density at radius 3 is 2.52 bits per heavy atom. The zero-order chi connectivity index (χ0) is 18.2. The number of carbonyl (C=O) groups excluding carboxylic acids is 1. The number of benzene rings is 1. The van der Waals surface area contributed by atoms with Crippen molar-refractivity contribution in [1.29, 1.82) is 0 Å². The van der Waals surface area contributed by atoms with Crippen LogP contribution in [0.1, 0.15) is 56.7 Å². The molecule has 0 saturated carbocycles. The van der Waals surface area contributed by atoms with Gasteiger partial charge in [-0.1, -0.05) is 50.8 Å². The van der Waals surface area contributed by atoms with Crippen LogP contribution in [-0.2, 0) is 22.7 Å². The molecular weight excluding hydrogens is 322 g/mol. The van der Waals surface area contributed by atoms with Crippen LogP contribution in [0.5, 0.6) is 0 Å². The maximum absolute atomic E-state index is 11.9. The molecule has 0 aliphatic heterocycles. The van der Waals surface area contributed by atoms with Crippen molar-refractivity contribution in [2.75, 3.05) is 0 Å². The monoisotopic (exact) mass is 347 g/mol. The van der Waals surface area contributed by atoms with E-state index in [-0.39, 0.29) is 19.2 Å². The highest BCUT2D eigenvalue weighted by Gasteiger charge is 2.21. The molecule has 1 heterocycles. The fourth-order valence-electron chi connectivity index (χ4n) is 3.00. The van der Waals surface area contributed by atoms with E-state index in [1.54, 1.807) is 24.3 Å². The molecule has 0 amide bonds. The molecule has 0 atom stereocenters. The lowest BCUT2D eigenvalue weighted by atomic mass is 10.1. The van der Waals surface area contributed by atoms with E-state index in [4.69, 9.17) is 4.74 Å². The summed E-state index contributed by atoms with van der Waals surface area (Å²) in [6, 6.07) is 6.93. The van der Waals surface area contributed by atoms with Crippen LogP contribution in [-0.4, -0.2) is 26.8 Å². The van der Waals surface area contributed by atoms with E-state index >= 15 is 0 Å². The Morgan fingerprint density at radius 1 is 1.12 bits per heavy atom. The van der Waals surface area contributed by atoms with Gasteiger partial charge in [0.2, 0.25) is 0 Å². The summed E-state index contributed by atoms with van der Waals surface area (Å²) in [7, 11) is 0. The molecule has 25 heavy (non-hydrogen) atoms. The van der Waals surface area contributed by atoms with E-state index in [1.165, 1.54) is 0 Å². The van der Waals surface area contributed by atoms with Gasteiger partial charge in [0.05, 0.1) is 17.8 Å². The number of aliphatic hydroxyl groups is 1. The first-order valence-corrected chi connectivity index (χ1v) is 8.71. The zero-order valence-electron chi connectivity index (χ0n) is 14.5. The van der Waals surface area contributed by atoms with Gasteiger partial charge in [0, 0.05) is 17.4 Å². The number of carboxylic acid groups (broad SMARTS) is 1. The van der Waals surface area contributed by atoms with Crippen molar-refractivity contribution < 1.29 is 24.5 Å². The van der Waals surface area contributed by atoms with Crippen molar-refractivity contribution in [1.82, 2.24) is 4.57 Å². The number of hydrogen-bond donors (Lipinski definition) is 2. The van der Waals surface area contributed by atoms with E-state index in [1.807, 2.05) is 0 Å². The Balaban J connectivity index is 2.08. The summed E-state index contributed by atoms with van der Waals surface area (Å²) >= 11 is 0. The number of hydrogen-bond acceptors (Lipinski definition) is 4. The second-order valence-corrected chi connectivity index (χ2v) is 6.04. The highest BCUT2D eigenvalue weighted by atomic mass is 16.5. The molecule has 0 spiro atoms. The lowest BCUT2D eigenvalue weighted by molar-refractivity contribution is -0.145. The van der Waals surface area contributed by atoms with Crippen LogP contribution in [0, 0.1) is 0 Å². The summed E-state index contributed by atoms with van der Waals surface area (Å²) in [5.74, 6) is -0.345. The number of aromatic nitrogens is 1. The highest BCUT2D eigenvalue weighted by molar-refractivity contribution is 5.93. The number of rotatable bonds is 9. The number of fused-ring (bicyclic) bond motifs is 1. The van der Waals surface area contributed by atoms with E-state index in [0.717, 1.165) is 36.7 Å². The van der Waals surface area contributed by atoms with Gasteiger partial charge in [-0.3, -0.25) is 4.79 Å². The predicted octanol–water partition coefficient (Wildman–Crippen LogP) is 4.06. The van der Waals surface area contributed by atoms with Crippen molar-refractivity contribution >= 4 is 23.0 Å². The molecule has 2 aromatic rings. The summed E-state index contributed by atoms with van der Waals surface area (Å²) < 4.78 is 6.34. The first-order valence-electron chi connectivity index (χ1n) is 8.71. The molecule has 2 rings (SSSR count). The normalized spacial score (nSPS) is 11.0. The fraction of sp³-hybridized carbons (Fsp3) is 0.474. The molecule has 0 radical (unpaired) electrons. The van der Waals surface area contributed by atoms with Crippen LogP contribution >= 0.6 is 0 Å². The van der Waals surface area contributed by atoms with Crippen molar-refractivity contribution in [3.05, 3.63) is 35.5 Å². The Morgan fingerprint density at radius 2 is 1.84 bits per heavy atom. The molecule has 6 heteroatoms. The molecule has 0 bridgehead atoms. The van der Waals surface area contributed by atoms with Gasteiger partial charge in [-0.2, -0.15) is 0 Å². The summed E-state index contributed by atoms with van der Waals surface area (Å²) in [5.41, 5.74) is 1.26. The second-order valence-electron chi connectivity index (χ2n) is 6.04. The molecule has 6 nitrogen and oxygen atoms in total. The van der Waals surface area contributed by atoms with Gasteiger partial charge in [0.25, 0.3) is 0 Å². The number of aliphatic hydroxyl groups excluding tert-OH is 1. The summed E-state index contributed by atoms with van der Waals surface area (Å²) in [6.07, 6.45) is 4.33. The number of esters is 1. The fourth-order valence-corrected chi connectivity index (χ4v) is 3.00. The number of para-hydroxylation sites is 1. The Labute approximate surface area is 147 Å². The van der Waals surface area contributed by atoms with E-state index in [2.05, 4.69) is 6.92 Å². The van der Waals surface area contributed by atoms with Gasteiger partial charge < -0.3 is 14.9 Å². The number of nitrogens with zero attached hydrogens (tertiary/aromatic N) is 1. The molecule has 0 aliphatic rings. The molecule has 0 aliphatic carbocycles. The smallest absolute Gasteiger partial charge is 0.416 e. The molecule has 1 aromatic carbocycles. The largest absolute Gasteiger partial charge is 0.464 e. The lowest BCUT2D eigenvalue weighted by Gasteiger charge is -2.09. The molecule has 1 aromatic heterocycles. The number of ether oxygens (including phenoxy) is 1. The van der Waals surface area contributed by atoms with Gasteiger partial charge in [0.15, 0.2) is 0 Å². The van der Waals surface area contributed by atoms with Crippen LogP contribution in [0.2, 0.25) is 0 Å². The highest BCUT2D eigenvalue weighted by Crippen LogP contribution is 2.27. The Bertz CT molecular complexity index is 735. The maximum atomic E-state index is 11.9. The van der Waals surface area contributed by atoms with Crippen LogP contribution in [0.25, 0.3) is 10.9 Å². The summed E-state index contributed by atoms with van der Waals surface area (Å²) in [5, 5.41) is 19.8. The molecular formula is C19H25NO5. The van der Waals surface area contributed by atoms with Gasteiger partial charge in [-0.25, -0.2) is 9.36 Å². The first kappa shape index (κ1) is 19.0. The zero-order valence-corrected chi connectivity index (χ0v) is 14.5. The van der Waals surface area contributed by atoms with Crippen molar-refractivity contribution in [3.63, 3.8) is 0 Å². The van der Waals surface area contributed by atoms with Crippen LogP contribution in [0.4, 0.5) is 4.79 Å². The molecule has 2 N–H and O–H groups in total. The summed E-state index contributed by atoms with van der Waals surface area (Å²) in [4.78, 5) is 23.5. The molecule has 136 valence electrons. The van der Waals surface area contributed by atoms with Crippen LogP contribution in [0.3, 0.4) is 0 Å². The predicted molar refractivity (Wildman–Crippen MR) is 94.5 cm³/mol. The van der Waals surface area contributed by atoms with Crippen molar-refractivity contribution in [3.8, 4) is 0 Å². The number of unbranched alkanes of at least 4 members (excludes halogenated alkanes) is 4. The minimum Gasteiger partial charge on any atom is -0.464 e. The minimum atomic E-state index is -1.17. The third kappa shape index (κ3) is 4.60. The second kappa shape index (κ2) is 9.22. The van der Waals surface area contributed by atoms with E-state index in [0.29, 0.717) is 28.6 Å². The Kier molecular flexibility index (Phi) is 7.01. The maximum Gasteiger partial charge on any atom is 0.416 e. The van der Waals surface area contributed by atoms with Gasteiger partial charge in [-0.15, -0.1) is 0 Å². The standard InChI is InChI=1S/C19H25NO5/c1-2-3-4-5-6-11-18(22)25-13-17-15(12-21)14-9-7-8-10-16(14)20(17)19(23)24/h7-10,21H,2-6,11-13H2,1H3,(H,23,24). The van der Waals surface area contributed by atoms with Gasteiger partial charge in [0.1, 0.15) is 6.61 Å². The van der Waals surface area contributed by atoms with Gasteiger partial charge >= 0.3 is 12.1 Å². The quantitative estimate of drug-likeness (QED) is 0.527. The van der Waals surface area contributed by atoms with Crippen molar-refractivity contribution in [2.45, 2.75) is 58.7 Å². The third-order valence-corrected chi connectivity index (χ3v) is 4.29.